The van der Waals surface area contributed by atoms with Gasteiger partial charge in [-0.15, -0.1) is 5.10 Å². The lowest BCUT2D eigenvalue weighted by Gasteiger charge is -2.06. The van der Waals surface area contributed by atoms with Crippen LogP contribution in [0.2, 0.25) is 0 Å². The summed E-state index contributed by atoms with van der Waals surface area (Å²) in [5.41, 5.74) is 2.52. The van der Waals surface area contributed by atoms with E-state index in [-0.39, 0.29) is 6.61 Å². The summed E-state index contributed by atoms with van der Waals surface area (Å²) >= 11 is 1.66. The molecule has 7 heteroatoms. The Morgan fingerprint density at radius 1 is 1.37 bits per heavy atom. The molecule has 1 aliphatic rings. The summed E-state index contributed by atoms with van der Waals surface area (Å²) in [6.07, 6.45) is 4.60. The lowest BCUT2D eigenvalue weighted by Crippen LogP contribution is -2.05. The van der Waals surface area contributed by atoms with Crippen LogP contribution < -0.4 is 0 Å². The molecule has 0 radical (unpaired) electrons. The van der Waals surface area contributed by atoms with E-state index >= 15 is 0 Å². The first-order valence-corrected chi connectivity index (χ1v) is 7.17. The predicted octanol–water partition coefficient (Wildman–Crippen LogP) is 1.24. The molecular formula is C12H16N4O2S. The van der Waals surface area contributed by atoms with E-state index in [0.29, 0.717) is 12.3 Å². The van der Waals surface area contributed by atoms with Gasteiger partial charge in [0.05, 0.1) is 24.6 Å². The van der Waals surface area contributed by atoms with Gasteiger partial charge in [-0.2, -0.15) is 4.68 Å². The average molecular weight is 280 g/mol. The topological polar surface area (TPSA) is 73.1 Å². The smallest absolute Gasteiger partial charge is 0.212 e. The fraction of sp³-hybridized carbons (Fsp3) is 0.583. The Labute approximate surface area is 115 Å². The molecule has 2 aromatic heterocycles. The van der Waals surface area contributed by atoms with Gasteiger partial charge >= 0.3 is 0 Å². The van der Waals surface area contributed by atoms with Crippen molar-refractivity contribution >= 4 is 11.3 Å². The second kappa shape index (κ2) is 5.36. The number of hydrogen-bond donors (Lipinski definition) is 1. The maximum absolute atomic E-state index is 9.28. The van der Waals surface area contributed by atoms with E-state index < -0.39 is 0 Å². The van der Waals surface area contributed by atoms with Crippen LogP contribution in [0.4, 0.5) is 0 Å². The van der Waals surface area contributed by atoms with Crippen LogP contribution in [0.15, 0.2) is 0 Å². The van der Waals surface area contributed by atoms with Gasteiger partial charge in [0.2, 0.25) is 5.13 Å². The molecule has 0 spiro atoms. The number of fused-ring (bicyclic) bond motifs is 1. The van der Waals surface area contributed by atoms with Crippen molar-refractivity contribution in [2.24, 2.45) is 0 Å². The highest BCUT2D eigenvalue weighted by Gasteiger charge is 2.20. The van der Waals surface area contributed by atoms with Gasteiger partial charge in [0.15, 0.2) is 0 Å². The number of aryl methyl sites for hydroxylation is 2. The number of ether oxygens (including phenoxy) is 1. The van der Waals surface area contributed by atoms with Crippen LogP contribution in [0.3, 0.4) is 0 Å². The third-order valence-corrected chi connectivity index (χ3v) is 4.42. The summed E-state index contributed by atoms with van der Waals surface area (Å²) in [5.74, 6) is 0. The number of methoxy groups -OCH3 is 1. The molecule has 0 amide bonds. The van der Waals surface area contributed by atoms with Crippen molar-refractivity contribution in [1.29, 1.82) is 0 Å². The SMILES string of the molecule is COCc1c(CO)nnn1-c1nc2c(s1)CCCC2. The van der Waals surface area contributed by atoms with Gasteiger partial charge < -0.3 is 9.84 Å². The maximum Gasteiger partial charge on any atom is 0.212 e. The molecule has 0 aliphatic heterocycles. The molecule has 3 rings (SSSR count). The lowest BCUT2D eigenvalue weighted by molar-refractivity contribution is 0.175. The second-order valence-electron chi connectivity index (χ2n) is 4.56. The van der Waals surface area contributed by atoms with E-state index in [1.807, 2.05) is 0 Å². The largest absolute Gasteiger partial charge is 0.390 e. The number of aliphatic hydroxyl groups excluding tert-OH is 1. The molecule has 102 valence electrons. The number of thiazole rings is 1. The fourth-order valence-electron chi connectivity index (χ4n) is 2.32. The Kier molecular flexibility index (Phi) is 3.58. The highest BCUT2D eigenvalue weighted by molar-refractivity contribution is 7.14. The third-order valence-electron chi connectivity index (χ3n) is 3.29. The molecule has 0 atom stereocenters. The minimum Gasteiger partial charge on any atom is -0.390 e. The van der Waals surface area contributed by atoms with Crippen LogP contribution in [0, 0.1) is 0 Å². The number of nitrogens with zero attached hydrogens (tertiary/aromatic N) is 4. The highest BCUT2D eigenvalue weighted by atomic mass is 32.1. The number of rotatable bonds is 4. The molecule has 0 saturated carbocycles. The summed E-state index contributed by atoms with van der Waals surface area (Å²) in [6, 6.07) is 0. The molecule has 6 nitrogen and oxygen atoms in total. The van der Waals surface area contributed by atoms with Crippen LogP contribution in [0.1, 0.15) is 34.8 Å². The zero-order chi connectivity index (χ0) is 13.2. The summed E-state index contributed by atoms with van der Waals surface area (Å²) in [4.78, 5) is 6.01. The maximum atomic E-state index is 9.28. The Morgan fingerprint density at radius 3 is 2.95 bits per heavy atom. The van der Waals surface area contributed by atoms with E-state index in [0.717, 1.165) is 23.7 Å². The van der Waals surface area contributed by atoms with Crippen LogP contribution in [0.5, 0.6) is 0 Å². The molecule has 0 aromatic carbocycles. The van der Waals surface area contributed by atoms with E-state index in [9.17, 15) is 5.11 Å². The van der Waals surface area contributed by atoms with Crippen LogP contribution in [-0.4, -0.2) is 32.2 Å². The molecule has 2 aromatic rings. The zero-order valence-corrected chi connectivity index (χ0v) is 11.6. The van der Waals surface area contributed by atoms with Gasteiger partial charge in [0.25, 0.3) is 0 Å². The Morgan fingerprint density at radius 2 is 2.21 bits per heavy atom. The first kappa shape index (κ1) is 12.7. The average Bonchev–Trinajstić information content (AvgIpc) is 3.01. The monoisotopic (exact) mass is 280 g/mol. The van der Waals surface area contributed by atoms with E-state index in [2.05, 4.69) is 15.3 Å². The molecule has 0 saturated heterocycles. The molecule has 0 bridgehead atoms. The van der Waals surface area contributed by atoms with Crippen molar-refractivity contribution in [2.45, 2.75) is 38.9 Å². The van der Waals surface area contributed by atoms with E-state index in [4.69, 9.17) is 4.74 Å². The van der Waals surface area contributed by atoms with Crippen molar-refractivity contribution in [3.8, 4) is 5.13 Å². The van der Waals surface area contributed by atoms with Crippen LogP contribution in [-0.2, 0) is 30.8 Å². The predicted molar refractivity (Wildman–Crippen MR) is 70.3 cm³/mol. The summed E-state index contributed by atoms with van der Waals surface area (Å²) in [6.45, 7) is 0.233. The van der Waals surface area contributed by atoms with Crippen molar-refractivity contribution in [3.63, 3.8) is 0 Å². The standard InChI is InChI=1S/C12H16N4O2S/c1-18-7-10-9(6-17)14-15-16(10)12-13-8-4-2-3-5-11(8)19-12/h17H,2-7H2,1H3. The highest BCUT2D eigenvalue weighted by Crippen LogP contribution is 2.29. The quantitative estimate of drug-likeness (QED) is 0.912. The normalized spacial score (nSPS) is 14.6. The van der Waals surface area contributed by atoms with Gasteiger partial charge in [-0.25, -0.2) is 4.98 Å². The molecule has 2 heterocycles. The number of aliphatic hydroxyl groups is 1. The lowest BCUT2D eigenvalue weighted by atomic mass is 10.0. The molecule has 1 aliphatic carbocycles. The van der Waals surface area contributed by atoms with Gasteiger partial charge in [0, 0.05) is 12.0 Å². The minimum absolute atomic E-state index is 0.135. The molecular weight excluding hydrogens is 264 g/mol. The van der Waals surface area contributed by atoms with Gasteiger partial charge in [0.1, 0.15) is 5.69 Å². The Balaban J connectivity index is 2.01. The van der Waals surface area contributed by atoms with E-state index in [1.54, 1.807) is 23.1 Å². The second-order valence-corrected chi connectivity index (χ2v) is 5.62. The van der Waals surface area contributed by atoms with Gasteiger partial charge in [-0.1, -0.05) is 16.6 Å². The van der Waals surface area contributed by atoms with Crippen molar-refractivity contribution in [2.75, 3.05) is 7.11 Å². The fourth-order valence-corrected chi connectivity index (χ4v) is 3.44. The summed E-state index contributed by atoms with van der Waals surface area (Å²) < 4.78 is 6.85. The van der Waals surface area contributed by atoms with Crippen LogP contribution >= 0.6 is 11.3 Å². The number of aromatic nitrogens is 4. The molecule has 0 unspecified atom stereocenters. The first-order valence-electron chi connectivity index (χ1n) is 6.35. The van der Waals surface area contributed by atoms with Gasteiger partial charge in [-0.3, -0.25) is 0 Å². The number of hydrogen-bond acceptors (Lipinski definition) is 6. The molecule has 19 heavy (non-hydrogen) atoms. The minimum atomic E-state index is -0.135. The zero-order valence-electron chi connectivity index (χ0n) is 10.8. The Bertz CT molecular complexity index is 555. The van der Waals surface area contributed by atoms with Crippen molar-refractivity contribution < 1.29 is 9.84 Å². The van der Waals surface area contributed by atoms with E-state index in [1.165, 1.54) is 23.4 Å². The Hall–Kier alpha value is -1.31. The third kappa shape index (κ3) is 2.29. The van der Waals surface area contributed by atoms with Crippen LogP contribution in [0.25, 0.3) is 5.13 Å². The van der Waals surface area contributed by atoms with Crippen molar-refractivity contribution in [3.05, 3.63) is 22.0 Å². The summed E-state index contributed by atoms with van der Waals surface area (Å²) in [7, 11) is 1.62. The van der Waals surface area contributed by atoms with Gasteiger partial charge in [-0.05, 0) is 25.7 Å². The molecule has 1 N–H and O–H groups in total. The first-order chi connectivity index (χ1) is 9.33. The summed E-state index contributed by atoms with van der Waals surface area (Å²) in [5, 5.41) is 18.2. The van der Waals surface area contributed by atoms with Crippen molar-refractivity contribution in [1.82, 2.24) is 20.0 Å². The molecule has 0 fully saturated rings.